The second-order valence-corrected chi connectivity index (χ2v) is 2.59. The summed E-state index contributed by atoms with van der Waals surface area (Å²) in [7, 11) is 0. The fourth-order valence-electron chi connectivity index (χ4n) is 1.04. The average molecular weight is 180 g/mol. The van der Waals surface area contributed by atoms with E-state index in [-0.39, 0.29) is 18.5 Å². The topological polar surface area (TPSA) is 52.9 Å². The fraction of sp³-hybridized carbons (Fsp3) is 0.333. The van der Waals surface area contributed by atoms with Gasteiger partial charge in [-0.2, -0.15) is 5.26 Å². The molecule has 1 aliphatic rings. The number of rotatable bonds is 2. The van der Waals surface area contributed by atoms with Crippen LogP contribution in [0, 0.1) is 11.3 Å². The first-order valence-corrected chi connectivity index (χ1v) is 3.91. The second kappa shape index (κ2) is 4.41. The van der Waals surface area contributed by atoms with Crippen LogP contribution in [0.1, 0.15) is 6.42 Å². The molecular weight excluding hydrogens is 171 g/mol. The van der Waals surface area contributed by atoms with Gasteiger partial charge in [0, 0.05) is 6.42 Å². The van der Waals surface area contributed by atoms with Crippen LogP contribution in [0.2, 0.25) is 0 Å². The molecule has 1 aliphatic carbocycles. The van der Waals surface area contributed by atoms with Crippen molar-refractivity contribution in [1.82, 2.24) is 5.32 Å². The maximum absolute atomic E-state index is 13.1. The Hall–Kier alpha value is -1.63. The van der Waals surface area contributed by atoms with Crippen LogP contribution in [0.25, 0.3) is 0 Å². The quantitative estimate of drug-likeness (QED) is 0.640. The Morgan fingerprint density at radius 3 is 3.23 bits per heavy atom. The first kappa shape index (κ1) is 9.46. The monoisotopic (exact) mass is 180 g/mol. The van der Waals surface area contributed by atoms with E-state index in [1.807, 2.05) is 0 Å². The van der Waals surface area contributed by atoms with E-state index < -0.39 is 12.1 Å². The number of nitriles is 1. The lowest BCUT2D eigenvalue weighted by molar-refractivity contribution is -0.117. The van der Waals surface area contributed by atoms with Crippen molar-refractivity contribution >= 4 is 5.91 Å². The van der Waals surface area contributed by atoms with Gasteiger partial charge >= 0.3 is 0 Å². The van der Waals surface area contributed by atoms with Crippen molar-refractivity contribution in [2.75, 3.05) is 6.54 Å². The lowest BCUT2D eigenvalue weighted by Gasteiger charge is -2.12. The van der Waals surface area contributed by atoms with Gasteiger partial charge < -0.3 is 5.32 Å². The van der Waals surface area contributed by atoms with Crippen molar-refractivity contribution < 1.29 is 9.18 Å². The molecule has 0 aromatic carbocycles. The van der Waals surface area contributed by atoms with Crippen molar-refractivity contribution in [3.8, 4) is 6.07 Å². The summed E-state index contributed by atoms with van der Waals surface area (Å²) < 4.78 is 13.1. The number of halogens is 1. The van der Waals surface area contributed by atoms with E-state index >= 15 is 0 Å². The van der Waals surface area contributed by atoms with Gasteiger partial charge in [-0.3, -0.25) is 4.79 Å². The van der Waals surface area contributed by atoms with Crippen molar-refractivity contribution in [2.24, 2.45) is 0 Å². The van der Waals surface area contributed by atoms with Gasteiger partial charge in [0.25, 0.3) is 5.91 Å². The summed E-state index contributed by atoms with van der Waals surface area (Å²) in [5.41, 5.74) is 0.0951. The van der Waals surface area contributed by atoms with Crippen LogP contribution in [0.5, 0.6) is 0 Å². The zero-order valence-electron chi connectivity index (χ0n) is 6.96. The predicted molar refractivity (Wildman–Crippen MR) is 45.4 cm³/mol. The highest BCUT2D eigenvalue weighted by molar-refractivity contribution is 5.95. The molecule has 0 aromatic rings. The van der Waals surface area contributed by atoms with Gasteiger partial charge in [-0.15, -0.1) is 0 Å². The summed E-state index contributed by atoms with van der Waals surface area (Å²) in [6.07, 6.45) is 3.71. The van der Waals surface area contributed by atoms with E-state index in [9.17, 15) is 9.18 Å². The summed E-state index contributed by atoms with van der Waals surface area (Å²) in [5.74, 6) is -0.501. The lowest BCUT2D eigenvalue weighted by atomic mass is 10.0. The number of amides is 1. The van der Waals surface area contributed by atoms with Crippen molar-refractivity contribution in [3.63, 3.8) is 0 Å². The molecule has 0 heterocycles. The Kier molecular flexibility index (Phi) is 3.21. The molecule has 1 rings (SSSR count). The largest absolute Gasteiger partial charge is 0.339 e. The van der Waals surface area contributed by atoms with Crippen LogP contribution in [0.3, 0.4) is 0 Å². The van der Waals surface area contributed by atoms with Crippen LogP contribution in [0.15, 0.2) is 23.8 Å². The van der Waals surface area contributed by atoms with Gasteiger partial charge in [-0.05, 0) is 0 Å². The molecule has 68 valence electrons. The second-order valence-electron chi connectivity index (χ2n) is 2.59. The molecule has 0 saturated heterocycles. The van der Waals surface area contributed by atoms with E-state index in [1.54, 1.807) is 18.2 Å². The zero-order chi connectivity index (χ0) is 9.68. The summed E-state index contributed by atoms with van der Waals surface area (Å²) in [4.78, 5) is 11.2. The number of nitrogens with zero attached hydrogens (tertiary/aromatic N) is 1. The van der Waals surface area contributed by atoms with E-state index in [1.165, 1.54) is 6.08 Å². The molecule has 1 atom stereocenters. The molecular formula is C9H9FN2O. The first-order chi connectivity index (χ1) is 6.25. The molecule has 4 heteroatoms. The van der Waals surface area contributed by atoms with Crippen LogP contribution in [-0.2, 0) is 4.79 Å². The smallest absolute Gasteiger partial charge is 0.250 e. The van der Waals surface area contributed by atoms with Gasteiger partial charge in [0.2, 0.25) is 0 Å². The molecule has 3 nitrogen and oxygen atoms in total. The molecule has 0 saturated carbocycles. The minimum Gasteiger partial charge on any atom is -0.339 e. The Balaban J connectivity index is 2.60. The molecule has 1 unspecified atom stereocenters. The molecule has 0 aromatic heterocycles. The number of nitrogens with one attached hydrogen (secondary N) is 1. The van der Waals surface area contributed by atoms with Gasteiger partial charge in [0.15, 0.2) is 0 Å². The Bertz CT molecular complexity index is 301. The normalized spacial score (nSPS) is 20.3. The zero-order valence-corrected chi connectivity index (χ0v) is 6.96. The average Bonchev–Trinajstić information content (AvgIpc) is 2.15. The number of carbonyl (C=O) groups is 1. The minimum atomic E-state index is -1.25. The lowest BCUT2D eigenvalue weighted by Crippen LogP contribution is -2.29. The third-order valence-corrected chi connectivity index (χ3v) is 1.68. The standard InChI is InChI=1S/C9H9FN2O/c10-8-4-2-1-3-7(8)9(13)12-6-5-11/h1-3,8H,4,6H2,(H,12,13). The number of hydrogen-bond acceptors (Lipinski definition) is 2. The van der Waals surface area contributed by atoms with E-state index in [0.29, 0.717) is 0 Å². The van der Waals surface area contributed by atoms with Crippen LogP contribution < -0.4 is 5.32 Å². The maximum Gasteiger partial charge on any atom is 0.250 e. The van der Waals surface area contributed by atoms with Crippen molar-refractivity contribution in [2.45, 2.75) is 12.6 Å². The SMILES string of the molecule is N#CCNC(=O)C1=CC=CCC1F. The van der Waals surface area contributed by atoms with Crippen molar-refractivity contribution in [1.29, 1.82) is 5.26 Å². The van der Waals surface area contributed by atoms with Gasteiger partial charge in [0.1, 0.15) is 12.7 Å². The van der Waals surface area contributed by atoms with Gasteiger partial charge in [0.05, 0.1) is 11.6 Å². The summed E-state index contributed by atoms with van der Waals surface area (Å²) in [6.45, 7) is -0.0907. The molecule has 0 aliphatic heterocycles. The van der Waals surface area contributed by atoms with Crippen LogP contribution >= 0.6 is 0 Å². The third kappa shape index (κ3) is 2.41. The fourth-order valence-corrected chi connectivity index (χ4v) is 1.04. The molecule has 0 radical (unpaired) electrons. The molecule has 0 spiro atoms. The third-order valence-electron chi connectivity index (χ3n) is 1.68. The van der Waals surface area contributed by atoms with Crippen molar-refractivity contribution in [3.05, 3.63) is 23.8 Å². The number of allylic oxidation sites excluding steroid dienone is 3. The first-order valence-electron chi connectivity index (χ1n) is 3.91. The van der Waals surface area contributed by atoms with Crippen LogP contribution in [0.4, 0.5) is 4.39 Å². The van der Waals surface area contributed by atoms with E-state index in [0.717, 1.165) is 0 Å². The number of hydrogen-bond donors (Lipinski definition) is 1. The summed E-state index contributed by atoms with van der Waals surface area (Å²) in [6, 6.07) is 1.75. The highest BCUT2D eigenvalue weighted by Gasteiger charge is 2.20. The Morgan fingerprint density at radius 2 is 2.62 bits per heavy atom. The molecule has 13 heavy (non-hydrogen) atoms. The maximum atomic E-state index is 13.1. The van der Waals surface area contributed by atoms with Gasteiger partial charge in [-0.1, -0.05) is 18.2 Å². The molecule has 0 bridgehead atoms. The Labute approximate surface area is 75.5 Å². The van der Waals surface area contributed by atoms with E-state index in [2.05, 4.69) is 5.32 Å². The number of alkyl halides is 1. The summed E-state index contributed by atoms with van der Waals surface area (Å²) in [5, 5.41) is 10.5. The molecule has 1 amide bonds. The molecule has 1 N–H and O–H groups in total. The minimum absolute atomic E-state index is 0.0907. The molecule has 0 fully saturated rings. The van der Waals surface area contributed by atoms with Crippen LogP contribution in [-0.4, -0.2) is 18.6 Å². The highest BCUT2D eigenvalue weighted by Crippen LogP contribution is 2.16. The van der Waals surface area contributed by atoms with Gasteiger partial charge in [-0.25, -0.2) is 4.39 Å². The highest BCUT2D eigenvalue weighted by atomic mass is 19.1. The van der Waals surface area contributed by atoms with E-state index in [4.69, 9.17) is 5.26 Å². The number of carbonyl (C=O) groups excluding carboxylic acids is 1. The predicted octanol–water partition coefficient (Wildman–Crippen LogP) is 0.851. The summed E-state index contributed by atoms with van der Waals surface area (Å²) >= 11 is 0. The Morgan fingerprint density at radius 1 is 1.85 bits per heavy atom.